The summed E-state index contributed by atoms with van der Waals surface area (Å²) in [6.07, 6.45) is 2.99. The van der Waals surface area contributed by atoms with E-state index in [1.165, 1.54) is 0 Å². The number of piperazine rings is 1. The number of benzene rings is 1. The van der Waals surface area contributed by atoms with Crippen molar-refractivity contribution in [2.45, 2.75) is 12.8 Å². The van der Waals surface area contributed by atoms with Crippen LogP contribution in [0.5, 0.6) is 0 Å². The summed E-state index contributed by atoms with van der Waals surface area (Å²) in [7, 11) is 0. The zero-order valence-corrected chi connectivity index (χ0v) is 17.4. The average Bonchev–Trinajstić information content (AvgIpc) is 3.41. The molecule has 0 saturated carbocycles. The van der Waals surface area contributed by atoms with Crippen molar-refractivity contribution in [2.24, 2.45) is 5.92 Å². The zero-order chi connectivity index (χ0) is 21.2. The van der Waals surface area contributed by atoms with Crippen LogP contribution in [0.2, 0.25) is 0 Å². The number of hydrogen-bond acceptors (Lipinski definition) is 5. The van der Waals surface area contributed by atoms with Gasteiger partial charge in [-0.2, -0.15) is 5.10 Å². The number of nitrogens with zero attached hydrogens (tertiary/aromatic N) is 5. The third-order valence-corrected chi connectivity index (χ3v) is 6.27. The van der Waals surface area contributed by atoms with Crippen LogP contribution in [0.25, 0.3) is 10.9 Å². The van der Waals surface area contributed by atoms with E-state index in [1.807, 2.05) is 53.6 Å². The Kier molecular flexibility index (Phi) is 5.38. The highest BCUT2D eigenvalue weighted by molar-refractivity contribution is 6.05. The van der Waals surface area contributed by atoms with Gasteiger partial charge in [-0.1, -0.05) is 18.2 Å². The third-order valence-electron chi connectivity index (χ3n) is 6.27. The first-order chi connectivity index (χ1) is 15.2. The van der Waals surface area contributed by atoms with Gasteiger partial charge in [-0.05, 0) is 24.3 Å². The number of hydrogen-bond donors (Lipinski definition) is 1. The molecule has 1 atom stereocenters. The minimum absolute atomic E-state index is 0.0374. The molecular weight excluding hydrogens is 392 g/mol. The van der Waals surface area contributed by atoms with Gasteiger partial charge in [-0.15, -0.1) is 0 Å². The first-order valence-electron chi connectivity index (χ1n) is 10.8. The molecule has 1 aromatic carbocycles. The van der Waals surface area contributed by atoms with E-state index in [0.717, 1.165) is 42.7 Å². The molecule has 2 fully saturated rings. The molecule has 1 N–H and O–H groups in total. The lowest BCUT2D eigenvalue weighted by atomic mass is 10.1. The van der Waals surface area contributed by atoms with E-state index < -0.39 is 0 Å². The van der Waals surface area contributed by atoms with Crippen LogP contribution in [0.3, 0.4) is 0 Å². The Morgan fingerprint density at radius 3 is 2.68 bits per heavy atom. The summed E-state index contributed by atoms with van der Waals surface area (Å²) in [6, 6.07) is 13.7. The van der Waals surface area contributed by atoms with E-state index in [4.69, 9.17) is 0 Å². The molecule has 160 valence electrons. The highest BCUT2D eigenvalue weighted by Gasteiger charge is 2.39. The van der Waals surface area contributed by atoms with Gasteiger partial charge in [0, 0.05) is 69.4 Å². The fourth-order valence-corrected chi connectivity index (χ4v) is 4.50. The molecule has 2 amide bonds. The van der Waals surface area contributed by atoms with Crippen LogP contribution in [-0.4, -0.2) is 76.1 Å². The predicted octanol–water partition coefficient (Wildman–Crippen LogP) is 1.70. The molecular formula is C23H26N6O2. The van der Waals surface area contributed by atoms with Crippen LogP contribution >= 0.6 is 0 Å². The molecule has 2 saturated heterocycles. The van der Waals surface area contributed by atoms with Crippen molar-refractivity contribution in [3.8, 4) is 0 Å². The van der Waals surface area contributed by atoms with E-state index >= 15 is 0 Å². The zero-order valence-electron chi connectivity index (χ0n) is 17.4. The van der Waals surface area contributed by atoms with Gasteiger partial charge in [0.05, 0.1) is 11.4 Å². The fraction of sp³-hybridized carbons (Fsp3) is 0.391. The van der Waals surface area contributed by atoms with Gasteiger partial charge in [-0.25, -0.2) is 0 Å². The Bertz CT molecular complexity index is 1070. The van der Waals surface area contributed by atoms with Crippen molar-refractivity contribution in [2.75, 3.05) is 44.2 Å². The predicted molar refractivity (Wildman–Crippen MR) is 118 cm³/mol. The minimum atomic E-state index is -0.303. The number of nitrogens with one attached hydrogen (secondary N) is 1. The smallest absolute Gasteiger partial charge is 0.229 e. The number of aromatic amines is 1. The van der Waals surface area contributed by atoms with Gasteiger partial charge in [0.25, 0.3) is 0 Å². The van der Waals surface area contributed by atoms with Gasteiger partial charge in [0.2, 0.25) is 11.8 Å². The molecule has 31 heavy (non-hydrogen) atoms. The maximum atomic E-state index is 13.1. The number of anilines is 1. The molecule has 1 unspecified atom stereocenters. The lowest BCUT2D eigenvalue weighted by Crippen LogP contribution is -2.51. The first kappa shape index (κ1) is 19.7. The molecule has 0 spiro atoms. The summed E-state index contributed by atoms with van der Waals surface area (Å²) in [5.74, 6) is 0.364. The van der Waals surface area contributed by atoms with E-state index in [-0.39, 0.29) is 24.2 Å². The quantitative estimate of drug-likeness (QED) is 0.682. The number of carbonyl (C=O) groups excluding carboxylic acids is 2. The van der Waals surface area contributed by atoms with E-state index in [9.17, 15) is 9.59 Å². The molecule has 0 bridgehead atoms. The summed E-state index contributed by atoms with van der Waals surface area (Å²) >= 11 is 0. The highest BCUT2D eigenvalue weighted by atomic mass is 16.2. The summed E-state index contributed by atoms with van der Waals surface area (Å²) < 4.78 is 0. The van der Waals surface area contributed by atoms with Gasteiger partial charge < -0.3 is 4.90 Å². The molecule has 2 aliphatic heterocycles. The van der Waals surface area contributed by atoms with Crippen LogP contribution in [-0.2, 0) is 16.0 Å². The third kappa shape index (κ3) is 4.03. The summed E-state index contributed by atoms with van der Waals surface area (Å²) in [4.78, 5) is 36.1. The maximum Gasteiger partial charge on any atom is 0.229 e. The lowest BCUT2D eigenvalue weighted by Gasteiger charge is -2.35. The molecule has 2 aliphatic rings. The minimum Gasteiger partial charge on any atom is -0.340 e. The van der Waals surface area contributed by atoms with Gasteiger partial charge >= 0.3 is 0 Å². The Labute approximate surface area is 180 Å². The van der Waals surface area contributed by atoms with Crippen LogP contribution in [0.4, 0.5) is 5.82 Å². The number of pyridine rings is 1. The molecule has 0 radical (unpaired) electrons. The van der Waals surface area contributed by atoms with E-state index in [0.29, 0.717) is 25.5 Å². The maximum absolute atomic E-state index is 13.1. The molecule has 4 heterocycles. The Hall–Kier alpha value is -3.26. The number of carbonyl (C=O) groups is 2. The normalized spacial score (nSPS) is 20.0. The van der Waals surface area contributed by atoms with Crippen LogP contribution in [0.15, 0.2) is 48.7 Å². The first-order valence-corrected chi connectivity index (χ1v) is 10.8. The largest absolute Gasteiger partial charge is 0.340 e. The standard InChI is InChI=1S/C23H26N6O2/c30-21-15-17(16-29(21)22-19-6-1-2-7-20(19)25-26-22)23(31)28-13-11-27(12-14-28)10-8-18-5-3-4-9-24-18/h1-7,9,17H,8,10-16H2,(H,25,26). The van der Waals surface area contributed by atoms with Crippen LogP contribution in [0, 0.1) is 5.92 Å². The van der Waals surface area contributed by atoms with E-state index in [1.54, 1.807) is 4.90 Å². The molecule has 8 heteroatoms. The molecule has 3 aromatic rings. The van der Waals surface area contributed by atoms with Crippen LogP contribution in [0.1, 0.15) is 12.1 Å². The SMILES string of the molecule is O=C(C1CC(=O)N(c2n[nH]c3ccccc23)C1)N1CCN(CCc2ccccn2)CC1. The second-order valence-corrected chi connectivity index (χ2v) is 8.24. The average molecular weight is 419 g/mol. The fourth-order valence-electron chi connectivity index (χ4n) is 4.50. The lowest BCUT2D eigenvalue weighted by molar-refractivity contribution is -0.137. The summed E-state index contributed by atoms with van der Waals surface area (Å²) in [5.41, 5.74) is 1.98. The number of aromatic nitrogens is 3. The number of fused-ring (bicyclic) bond motifs is 1. The Morgan fingerprint density at radius 1 is 1.06 bits per heavy atom. The number of H-pyrrole nitrogens is 1. The molecule has 8 nitrogen and oxygen atoms in total. The molecule has 2 aromatic heterocycles. The second kappa shape index (κ2) is 8.47. The van der Waals surface area contributed by atoms with Gasteiger partial charge in [0.1, 0.15) is 0 Å². The molecule has 5 rings (SSSR count). The van der Waals surface area contributed by atoms with Crippen molar-refractivity contribution in [3.63, 3.8) is 0 Å². The summed E-state index contributed by atoms with van der Waals surface area (Å²) in [5, 5.41) is 8.21. The van der Waals surface area contributed by atoms with Gasteiger partial charge in [-0.3, -0.25) is 29.5 Å². The molecule has 0 aliphatic carbocycles. The van der Waals surface area contributed by atoms with Crippen molar-refractivity contribution >= 4 is 28.5 Å². The van der Waals surface area contributed by atoms with Crippen molar-refractivity contribution in [1.82, 2.24) is 25.0 Å². The Morgan fingerprint density at radius 2 is 1.87 bits per heavy atom. The Balaban J connectivity index is 1.16. The van der Waals surface area contributed by atoms with Gasteiger partial charge in [0.15, 0.2) is 5.82 Å². The van der Waals surface area contributed by atoms with Crippen molar-refractivity contribution in [1.29, 1.82) is 0 Å². The number of amides is 2. The monoisotopic (exact) mass is 418 g/mol. The number of rotatable bonds is 5. The summed E-state index contributed by atoms with van der Waals surface area (Å²) in [6.45, 7) is 4.46. The highest BCUT2D eigenvalue weighted by Crippen LogP contribution is 2.30. The number of para-hydroxylation sites is 1. The second-order valence-electron chi connectivity index (χ2n) is 8.24. The van der Waals surface area contributed by atoms with Crippen LogP contribution < -0.4 is 4.90 Å². The van der Waals surface area contributed by atoms with Crippen molar-refractivity contribution in [3.05, 3.63) is 54.4 Å². The topological polar surface area (TPSA) is 85.4 Å². The van der Waals surface area contributed by atoms with Crippen molar-refractivity contribution < 1.29 is 9.59 Å². The van der Waals surface area contributed by atoms with E-state index in [2.05, 4.69) is 20.1 Å².